The molecule has 1 saturated heterocycles. The topological polar surface area (TPSA) is 87.1 Å². The maximum absolute atomic E-state index is 11.5. The second-order valence-electron chi connectivity index (χ2n) is 4.06. The number of piperidine rings is 1. The van der Waals surface area contributed by atoms with E-state index in [2.05, 4.69) is 0 Å². The number of carboxylic acids is 1. The predicted molar refractivity (Wildman–Crippen MR) is 54.8 cm³/mol. The Morgan fingerprint density at radius 3 is 2.69 bits per heavy atom. The molecular formula is C10H17NO5. The van der Waals surface area contributed by atoms with Crippen molar-refractivity contribution >= 4 is 11.9 Å². The number of hydrogen-bond donors (Lipinski definition) is 2. The van der Waals surface area contributed by atoms with E-state index in [1.807, 2.05) is 6.92 Å². The van der Waals surface area contributed by atoms with Crippen molar-refractivity contribution in [3.63, 3.8) is 0 Å². The Morgan fingerprint density at radius 2 is 2.12 bits per heavy atom. The van der Waals surface area contributed by atoms with Gasteiger partial charge in [-0.1, -0.05) is 6.92 Å². The largest absolute Gasteiger partial charge is 0.480 e. The average molecular weight is 231 g/mol. The highest BCUT2D eigenvalue weighted by atomic mass is 16.5. The molecular weight excluding hydrogens is 214 g/mol. The van der Waals surface area contributed by atoms with Crippen LogP contribution in [-0.2, 0) is 14.3 Å². The highest BCUT2D eigenvalue weighted by Crippen LogP contribution is 2.16. The first-order chi connectivity index (χ1) is 7.50. The monoisotopic (exact) mass is 231 g/mol. The summed E-state index contributed by atoms with van der Waals surface area (Å²) < 4.78 is 4.70. The Morgan fingerprint density at radius 1 is 1.44 bits per heavy atom. The molecule has 0 bridgehead atoms. The number of amides is 1. The van der Waals surface area contributed by atoms with Crippen molar-refractivity contribution in [3.05, 3.63) is 0 Å². The molecule has 2 N–H and O–H groups in total. The van der Waals surface area contributed by atoms with Gasteiger partial charge in [-0.15, -0.1) is 0 Å². The molecule has 0 aromatic carbocycles. The fraction of sp³-hybridized carbons (Fsp3) is 0.800. The van der Waals surface area contributed by atoms with Gasteiger partial charge < -0.3 is 19.8 Å². The lowest BCUT2D eigenvalue weighted by Gasteiger charge is -2.34. The first-order valence-corrected chi connectivity index (χ1v) is 5.26. The maximum Gasteiger partial charge on any atom is 0.329 e. The molecule has 0 radical (unpaired) electrons. The van der Waals surface area contributed by atoms with E-state index in [0.717, 1.165) is 6.42 Å². The molecule has 92 valence electrons. The van der Waals surface area contributed by atoms with Crippen molar-refractivity contribution in [1.29, 1.82) is 0 Å². The van der Waals surface area contributed by atoms with E-state index in [-0.39, 0.29) is 18.4 Å². The molecule has 1 aliphatic rings. The smallest absolute Gasteiger partial charge is 0.329 e. The molecule has 1 rings (SSSR count). The Kier molecular flexibility index (Phi) is 4.70. The van der Waals surface area contributed by atoms with E-state index in [9.17, 15) is 14.7 Å². The van der Waals surface area contributed by atoms with Gasteiger partial charge in [0.15, 0.2) is 0 Å². The van der Waals surface area contributed by atoms with Gasteiger partial charge in [0.25, 0.3) is 0 Å². The molecule has 1 aliphatic heterocycles. The summed E-state index contributed by atoms with van der Waals surface area (Å²) in [5.41, 5.74) is 0. The van der Waals surface area contributed by atoms with Crippen molar-refractivity contribution in [2.45, 2.75) is 19.4 Å². The number of ether oxygens (including phenoxy) is 1. The Balaban J connectivity index is 2.29. The number of β-amino-alcohol motifs (C(OH)–C–C–N with tert-alkyl or cyclic N) is 1. The Labute approximate surface area is 93.8 Å². The molecule has 1 fully saturated rings. The molecule has 2 unspecified atom stereocenters. The molecule has 0 aromatic rings. The minimum absolute atomic E-state index is 0.198. The third-order valence-corrected chi connectivity index (χ3v) is 2.72. The summed E-state index contributed by atoms with van der Waals surface area (Å²) in [5.74, 6) is -1.17. The molecule has 16 heavy (non-hydrogen) atoms. The lowest BCUT2D eigenvalue weighted by molar-refractivity contribution is -0.147. The number of carbonyl (C=O) groups is 2. The number of aliphatic carboxylic acids is 1. The zero-order valence-electron chi connectivity index (χ0n) is 9.26. The number of carboxylic acid groups (broad SMARTS) is 1. The predicted octanol–water partition coefficient (Wildman–Crippen LogP) is -0.683. The van der Waals surface area contributed by atoms with E-state index in [1.165, 1.54) is 4.90 Å². The highest BCUT2D eigenvalue weighted by molar-refractivity contribution is 5.78. The quantitative estimate of drug-likeness (QED) is 0.669. The molecule has 6 heteroatoms. The zero-order valence-corrected chi connectivity index (χ0v) is 9.26. The summed E-state index contributed by atoms with van der Waals surface area (Å²) in [7, 11) is 0. The van der Waals surface area contributed by atoms with Crippen LogP contribution < -0.4 is 0 Å². The van der Waals surface area contributed by atoms with Gasteiger partial charge in [0.1, 0.15) is 13.2 Å². The van der Waals surface area contributed by atoms with Gasteiger partial charge in [0.05, 0.1) is 6.10 Å². The van der Waals surface area contributed by atoms with Gasteiger partial charge in [-0.2, -0.15) is 0 Å². The van der Waals surface area contributed by atoms with E-state index < -0.39 is 18.7 Å². The summed E-state index contributed by atoms with van der Waals surface area (Å²) in [6.45, 7) is 2.11. The fourth-order valence-electron chi connectivity index (χ4n) is 1.59. The van der Waals surface area contributed by atoms with Gasteiger partial charge in [0, 0.05) is 13.1 Å². The Bertz CT molecular complexity index is 268. The molecule has 0 spiro atoms. The molecule has 1 amide bonds. The Hall–Kier alpha value is -1.14. The van der Waals surface area contributed by atoms with E-state index in [4.69, 9.17) is 9.84 Å². The summed E-state index contributed by atoms with van der Waals surface area (Å²) in [6, 6.07) is 0. The average Bonchev–Trinajstić information content (AvgIpc) is 2.21. The molecule has 2 atom stereocenters. The van der Waals surface area contributed by atoms with Crippen LogP contribution in [0.1, 0.15) is 13.3 Å². The van der Waals surface area contributed by atoms with Crippen LogP contribution in [0.25, 0.3) is 0 Å². The first kappa shape index (κ1) is 12.9. The van der Waals surface area contributed by atoms with Crippen LogP contribution in [-0.4, -0.2) is 59.4 Å². The third kappa shape index (κ3) is 3.79. The van der Waals surface area contributed by atoms with Gasteiger partial charge in [-0.05, 0) is 12.3 Å². The minimum atomic E-state index is -1.10. The van der Waals surface area contributed by atoms with Crippen LogP contribution >= 0.6 is 0 Å². The zero-order chi connectivity index (χ0) is 12.1. The van der Waals surface area contributed by atoms with Crippen molar-refractivity contribution in [1.82, 2.24) is 4.90 Å². The normalized spacial score (nSPS) is 25.5. The van der Waals surface area contributed by atoms with Gasteiger partial charge in [-0.25, -0.2) is 4.79 Å². The summed E-state index contributed by atoms with van der Waals surface area (Å²) in [6.07, 6.45) is 0.253. The molecule has 0 aromatic heterocycles. The standard InChI is InChI=1S/C10H17NO5/c1-7-2-3-11(4-8(7)12)9(13)5-16-6-10(14)15/h7-8,12H,2-6H2,1H3,(H,14,15). The third-order valence-electron chi connectivity index (χ3n) is 2.72. The van der Waals surface area contributed by atoms with Crippen LogP contribution in [0.15, 0.2) is 0 Å². The molecule has 0 saturated carbocycles. The molecule has 6 nitrogen and oxygen atoms in total. The molecule has 1 heterocycles. The minimum Gasteiger partial charge on any atom is -0.480 e. The highest BCUT2D eigenvalue weighted by Gasteiger charge is 2.27. The van der Waals surface area contributed by atoms with Crippen LogP contribution in [0.3, 0.4) is 0 Å². The van der Waals surface area contributed by atoms with Gasteiger partial charge in [0.2, 0.25) is 5.91 Å². The number of hydrogen-bond acceptors (Lipinski definition) is 4. The summed E-state index contributed by atoms with van der Waals surface area (Å²) in [5, 5.41) is 17.9. The maximum atomic E-state index is 11.5. The van der Waals surface area contributed by atoms with Gasteiger partial charge in [-0.3, -0.25) is 4.79 Å². The lowest BCUT2D eigenvalue weighted by Crippen LogP contribution is -2.47. The second-order valence-corrected chi connectivity index (χ2v) is 4.06. The van der Waals surface area contributed by atoms with Crippen molar-refractivity contribution in [2.75, 3.05) is 26.3 Å². The lowest BCUT2D eigenvalue weighted by atomic mass is 9.96. The molecule has 0 aliphatic carbocycles. The van der Waals surface area contributed by atoms with Crippen molar-refractivity contribution in [3.8, 4) is 0 Å². The van der Waals surface area contributed by atoms with Crippen LogP contribution in [0.2, 0.25) is 0 Å². The summed E-state index contributed by atoms with van der Waals surface area (Å²) in [4.78, 5) is 23.2. The van der Waals surface area contributed by atoms with E-state index >= 15 is 0 Å². The van der Waals surface area contributed by atoms with Gasteiger partial charge >= 0.3 is 5.97 Å². The van der Waals surface area contributed by atoms with E-state index in [1.54, 1.807) is 0 Å². The van der Waals surface area contributed by atoms with Crippen molar-refractivity contribution < 1.29 is 24.5 Å². The van der Waals surface area contributed by atoms with Crippen LogP contribution in [0.4, 0.5) is 0 Å². The first-order valence-electron chi connectivity index (χ1n) is 5.26. The van der Waals surface area contributed by atoms with E-state index in [0.29, 0.717) is 13.1 Å². The number of aliphatic hydroxyl groups excluding tert-OH is 1. The number of rotatable bonds is 4. The SMILES string of the molecule is CC1CCN(C(=O)COCC(=O)O)CC1O. The van der Waals surface area contributed by atoms with Crippen LogP contribution in [0.5, 0.6) is 0 Å². The number of likely N-dealkylation sites (tertiary alicyclic amines) is 1. The fourth-order valence-corrected chi connectivity index (χ4v) is 1.59. The number of aliphatic hydroxyl groups is 1. The number of carbonyl (C=O) groups excluding carboxylic acids is 1. The summed E-state index contributed by atoms with van der Waals surface area (Å²) >= 11 is 0. The second kappa shape index (κ2) is 5.81. The van der Waals surface area contributed by atoms with Crippen LogP contribution in [0, 0.1) is 5.92 Å². The van der Waals surface area contributed by atoms with Crippen molar-refractivity contribution in [2.24, 2.45) is 5.92 Å². The number of nitrogens with zero attached hydrogens (tertiary/aromatic N) is 1.